The van der Waals surface area contributed by atoms with Crippen molar-refractivity contribution in [3.8, 4) is 0 Å². The predicted molar refractivity (Wildman–Crippen MR) is 113 cm³/mol. The Kier molecular flexibility index (Phi) is 5.49. The number of nitrogens with zero attached hydrogens (tertiary/aromatic N) is 2. The minimum Gasteiger partial charge on any atom is -0.480 e. The first-order valence-electron chi connectivity index (χ1n) is 10.1. The maximum absolute atomic E-state index is 13.1. The van der Waals surface area contributed by atoms with Crippen LogP contribution in [0.15, 0.2) is 30.3 Å². The van der Waals surface area contributed by atoms with Gasteiger partial charge < -0.3 is 26.0 Å². The number of rotatable bonds is 5. The van der Waals surface area contributed by atoms with Crippen LogP contribution in [-0.4, -0.2) is 80.0 Å². The van der Waals surface area contributed by atoms with Crippen molar-refractivity contribution in [2.75, 3.05) is 13.1 Å². The molecule has 0 aromatic heterocycles. The molecule has 0 bridgehead atoms. The van der Waals surface area contributed by atoms with Gasteiger partial charge in [-0.2, -0.15) is 0 Å². The molecule has 0 unspecified atom stereocenters. The molecule has 0 spiro atoms. The normalized spacial score (nSPS) is 26.6. The maximum Gasteiger partial charge on any atom is 0.327 e. The number of amides is 6. The Morgan fingerprint density at radius 1 is 1.22 bits per heavy atom. The molecule has 0 saturated carbocycles. The number of carboxylic acids is 1. The Bertz CT molecular complexity index is 986. The second-order valence-electron chi connectivity index (χ2n) is 8.26. The van der Waals surface area contributed by atoms with Crippen molar-refractivity contribution in [3.05, 3.63) is 35.9 Å². The SMILES string of the molecule is CC1(C)S[C@@H]2[C@@H](NC(=O)[C@H](NC(=O)N3CCNC3=O)c3ccccc3)C(=O)N2[C@@H]1C(=O)O. The van der Waals surface area contributed by atoms with Crippen molar-refractivity contribution < 1.29 is 29.1 Å². The molecule has 4 rings (SSSR count). The van der Waals surface area contributed by atoms with Gasteiger partial charge in [-0.3, -0.25) is 9.59 Å². The third-order valence-electron chi connectivity index (χ3n) is 5.74. The molecule has 32 heavy (non-hydrogen) atoms. The van der Waals surface area contributed by atoms with Crippen LogP contribution in [0, 0.1) is 0 Å². The summed E-state index contributed by atoms with van der Waals surface area (Å²) in [6, 6.07) is 4.14. The number of benzene rings is 1. The predicted octanol–water partition coefficient (Wildman–Crippen LogP) is 0.0942. The molecule has 4 atom stereocenters. The summed E-state index contributed by atoms with van der Waals surface area (Å²) in [6.07, 6.45) is 0. The summed E-state index contributed by atoms with van der Waals surface area (Å²) in [5, 5.41) is 16.8. The van der Waals surface area contributed by atoms with Gasteiger partial charge >= 0.3 is 18.0 Å². The minimum absolute atomic E-state index is 0.175. The van der Waals surface area contributed by atoms with Crippen molar-refractivity contribution >= 4 is 41.6 Å². The van der Waals surface area contributed by atoms with Gasteiger partial charge in [0.1, 0.15) is 23.5 Å². The topological polar surface area (TPSA) is 148 Å². The zero-order valence-electron chi connectivity index (χ0n) is 17.4. The monoisotopic (exact) mass is 461 g/mol. The van der Waals surface area contributed by atoms with E-state index in [4.69, 9.17) is 0 Å². The molecule has 3 heterocycles. The summed E-state index contributed by atoms with van der Waals surface area (Å²) in [4.78, 5) is 64.2. The zero-order valence-corrected chi connectivity index (χ0v) is 18.2. The minimum atomic E-state index is -1.14. The average Bonchev–Trinajstić information content (AvgIpc) is 3.29. The number of carboxylic acid groups (broad SMARTS) is 1. The molecule has 170 valence electrons. The van der Waals surface area contributed by atoms with Crippen LogP contribution in [0.2, 0.25) is 0 Å². The van der Waals surface area contributed by atoms with Gasteiger partial charge in [-0.15, -0.1) is 11.8 Å². The zero-order chi connectivity index (χ0) is 23.2. The first-order chi connectivity index (χ1) is 15.1. The van der Waals surface area contributed by atoms with E-state index in [0.717, 1.165) is 4.90 Å². The summed E-state index contributed by atoms with van der Waals surface area (Å²) in [5.41, 5.74) is 0.476. The van der Waals surface area contributed by atoms with Gasteiger partial charge in [0.25, 0.3) is 0 Å². The van der Waals surface area contributed by atoms with Crippen LogP contribution in [0.1, 0.15) is 25.5 Å². The molecule has 1 aromatic rings. The fourth-order valence-electron chi connectivity index (χ4n) is 4.19. The lowest BCUT2D eigenvalue weighted by molar-refractivity contribution is -0.161. The van der Waals surface area contributed by atoms with Gasteiger partial charge in [-0.1, -0.05) is 30.3 Å². The molecular weight excluding hydrogens is 438 g/mol. The third kappa shape index (κ3) is 3.64. The molecule has 12 heteroatoms. The van der Waals surface area contributed by atoms with Gasteiger partial charge in [-0.25, -0.2) is 19.3 Å². The van der Waals surface area contributed by atoms with Gasteiger partial charge in [0.2, 0.25) is 11.8 Å². The van der Waals surface area contributed by atoms with Crippen LogP contribution >= 0.6 is 11.8 Å². The number of thioether (sulfide) groups is 1. The molecule has 3 aliphatic rings. The van der Waals surface area contributed by atoms with E-state index in [-0.39, 0.29) is 6.54 Å². The van der Waals surface area contributed by atoms with Crippen molar-refractivity contribution in [1.82, 2.24) is 25.8 Å². The first kappa shape index (κ1) is 21.9. The maximum atomic E-state index is 13.1. The van der Waals surface area contributed by atoms with Crippen molar-refractivity contribution in [1.29, 1.82) is 0 Å². The van der Waals surface area contributed by atoms with Crippen LogP contribution in [0.25, 0.3) is 0 Å². The first-order valence-corrected chi connectivity index (χ1v) is 10.9. The molecule has 4 N–H and O–H groups in total. The van der Waals surface area contributed by atoms with Crippen LogP contribution in [-0.2, 0) is 14.4 Å². The molecule has 1 aromatic carbocycles. The highest BCUT2D eigenvalue weighted by molar-refractivity contribution is 8.01. The number of carbonyl (C=O) groups is 5. The summed E-state index contributed by atoms with van der Waals surface area (Å²) in [6.45, 7) is 3.98. The van der Waals surface area contributed by atoms with Crippen LogP contribution in [0.3, 0.4) is 0 Å². The molecule has 3 aliphatic heterocycles. The number of aliphatic carboxylic acids is 1. The lowest BCUT2D eigenvalue weighted by atomic mass is 9.95. The van der Waals surface area contributed by atoms with Crippen LogP contribution in [0.5, 0.6) is 0 Å². The summed E-state index contributed by atoms with van der Waals surface area (Å²) >= 11 is 1.31. The molecular formula is C20H23N5O6S. The van der Waals surface area contributed by atoms with Gasteiger partial charge in [-0.05, 0) is 19.4 Å². The fraction of sp³-hybridized carbons (Fsp3) is 0.450. The van der Waals surface area contributed by atoms with Crippen LogP contribution < -0.4 is 16.0 Å². The molecule has 0 aliphatic carbocycles. The van der Waals surface area contributed by atoms with E-state index in [9.17, 15) is 29.1 Å². The van der Waals surface area contributed by atoms with Crippen molar-refractivity contribution in [2.45, 2.75) is 42.1 Å². The van der Waals surface area contributed by atoms with Crippen molar-refractivity contribution in [3.63, 3.8) is 0 Å². The number of nitrogens with one attached hydrogen (secondary N) is 3. The Labute approximate surface area is 187 Å². The average molecular weight is 462 g/mol. The fourth-order valence-corrected chi connectivity index (χ4v) is 5.82. The van der Waals surface area contributed by atoms with Gasteiger partial charge in [0.15, 0.2) is 0 Å². The molecule has 3 saturated heterocycles. The summed E-state index contributed by atoms with van der Waals surface area (Å²) < 4.78 is -0.720. The highest BCUT2D eigenvalue weighted by Crippen LogP contribution is 2.50. The van der Waals surface area contributed by atoms with Gasteiger partial charge in [0, 0.05) is 17.8 Å². The Morgan fingerprint density at radius 2 is 1.91 bits per heavy atom. The number of carbonyl (C=O) groups excluding carboxylic acids is 4. The number of β-lactam (4-membered cyclic amide) rings is 1. The lowest BCUT2D eigenvalue weighted by Gasteiger charge is -2.44. The number of hydrogen-bond donors (Lipinski definition) is 4. The van der Waals surface area contributed by atoms with E-state index in [0.29, 0.717) is 12.1 Å². The quantitative estimate of drug-likeness (QED) is 0.454. The molecule has 3 fully saturated rings. The molecule has 11 nitrogen and oxygen atoms in total. The van der Waals surface area contributed by atoms with Crippen molar-refractivity contribution in [2.24, 2.45) is 0 Å². The van der Waals surface area contributed by atoms with E-state index >= 15 is 0 Å². The van der Waals surface area contributed by atoms with E-state index < -0.39 is 58.1 Å². The third-order valence-corrected chi connectivity index (χ3v) is 7.31. The second-order valence-corrected chi connectivity index (χ2v) is 10.0. The van der Waals surface area contributed by atoms with Crippen LogP contribution in [0.4, 0.5) is 9.59 Å². The lowest BCUT2D eigenvalue weighted by Crippen LogP contribution is -2.71. The van der Waals surface area contributed by atoms with E-state index in [1.807, 2.05) is 0 Å². The largest absolute Gasteiger partial charge is 0.480 e. The van der Waals surface area contributed by atoms with E-state index in [1.54, 1.807) is 44.2 Å². The number of hydrogen-bond acceptors (Lipinski definition) is 6. The Balaban J connectivity index is 1.51. The summed E-state index contributed by atoms with van der Waals surface area (Å²) in [5.74, 6) is -2.20. The summed E-state index contributed by atoms with van der Waals surface area (Å²) in [7, 11) is 0. The Hall–Kier alpha value is -3.28. The smallest absolute Gasteiger partial charge is 0.327 e. The number of imide groups is 1. The molecule has 6 amide bonds. The number of fused-ring (bicyclic) bond motifs is 1. The Morgan fingerprint density at radius 3 is 2.50 bits per heavy atom. The van der Waals surface area contributed by atoms with E-state index in [2.05, 4.69) is 16.0 Å². The van der Waals surface area contributed by atoms with Gasteiger partial charge in [0.05, 0.1) is 0 Å². The highest BCUT2D eigenvalue weighted by Gasteiger charge is 2.64. The highest BCUT2D eigenvalue weighted by atomic mass is 32.2. The standard InChI is InChI=1S/C20H23N5O6S/c1-20(2)13(17(28)29)25-15(27)12(16(25)32-20)22-14(26)11(10-6-4-3-5-7-10)23-19(31)24-9-8-21-18(24)30/h3-7,11-13,16H,8-9H2,1-2H3,(H,21,30)(H,22,26)(H,23,31)(H,28,29)/t11-,12+,13-,16-/m1/s1. The number of urea groups is 2. The van der Waals surface area contributed by atoms with E-state index in [1.165, 1.54) is 16.7 Å². The molecule has 0 radical (unpaired) electrons. The second kappa shape index (κ2) is 8.01.